The summed E-state index contributed by atoms with van der Waals surface area (Å²) >= 11 is 0. The van der Waals surface area contributed by atoms with E-state index in [0.717, 1.165) is 47.0 Å². The number of benzene rings is 1. The smallest absolute Gasteiger partial charge is 0.163 e. The predicted molar refractivity (Wildman–Crippen MR) is 98.7 cm³/mol. The van der Waals surface area contributed by atoms with Gasteiger partial charge in [-0.1, -0.05) is 35.5 Å². The summed E-state index contributed by atoms with van der Waals surface area (Å²) < 4.78 is 7.03. The quantitative estimate of drug-likeness (QED) is 0.577. The lowest BCUT2D eigenvalue weighted by Gasteiger charge is -2.08. The summed E-state index contributed by atoms with van der Waals surface area (Å²) in [5, 5.41) is 12.5. The lowest BCUT2D eigenvalue weighted by Crippen LogP contribution is -2.07. The Balaban J connectivity index is 1.58. The molecule has 0 atom stereocenters. The summed E-state index contributed by atoms with van der Waals surface area (Å²) in [5.74, 6) is 2.32. The molecule has 0 aliphatic carbocycles. The lowest BCUT2D eigenvalue weighted by molar-refractivity contribution is 0.384. The van der Waals surface area contributed by atoms with Crippen LogP contribution in [0.3, 0.4) is 0 Å². The van der Waals surface area contributed by atoms with Crippen LogP contribution in [-0.4, -0.2) is 24.9 Å². The number of rotatable bonds is 6. The van der Waals surface area contributed by atoms with Crippen LogP contribution in [0.5, 0.6) is 0 Å². The van der Waals surface area contributed by atoms with Crippen LogP contribution in [0.15, 0.2) is 47.1 Å². The highest BCUT2D eigenvalue weighted by Gasteiger charge is 2.12. The van der Waals surface area contributed by atoms with Gasteiger partial charge in [0.05, 0.1) is 23.8 Å². The van der Waals surface area contributed by atoms with Crippen LogP contribution in [0.25, 0.3) is 11.0 Å². The normalized spacial score (nSPS) is 11.2. The maximum Gasteiger partial charge on any atom is 0.163 e. The fraction of sp³-hybridized carbons (Fsp3) is 0.263. The van der Waals surface area contributed by atoms with Crippen molar-refractivity contribution in [1.29, 1.82) is 0 Å². The Morgan fingerprint density at radius 1 is 1.12 bits per heavy atom. The lowest BCUT2D eigenvalue weighted by atomic mass is 10.1. The van der Waals surface area contributed by atoms with Crippen molar-refractivity contribution in [3.05, 3.63) is 65.4 Å². The second-order valence-electron chi connectivity index (χ2n) is 6.27. The third kappa shape index (κ3) is 3.42. The van der Waals surface area contributed by atoms with Gasteiger partial charge in [-0.25, -0.2) is 9.97 Å². The van der Waals surface area contributed by atoms with Crippen molar-refractivity contribution in [2.24, 2.45) is 7.05 Å². The first-order valence-corrected chi connectivity index (χ1v) is 8.57. The second kappa shape index (κ2) is 6.95. The first-order chi connectivity index (χ1) is 12.7. The van der Waals surface area contributed by atoms with Crippen molar-refractivity contribution in [3.8, 4) is 0 Å². The molecule has 3 aromatic heterocycles. The molecule has 1 N–H and O–H groups in total. The molecule has 0 unspecified atom stereocenters. The summed E-state index contributed by atoms with van der Waals surface area (Å²) in [6.07, 6.45) is 3.44. The molecule has 0 saturated heterocycles. The van der Waals surface area contributed by atoms with Crippen LogP contribution in [0.1, 0.15) is 22.8 Å². The third-order valence-corrected chi connectivity index (χ3v) is 4.23. The van der Waals surface area contributed by atoms with Crippen LogP contribution < -0.4 is 5.32 Å². The van der Waals surface area contributed by atoms with Crippen molar-refractivity contribution >= 4 is 16.9 Å². The minimum absolute atomic E-state index is 0.514. The number of hydrogen-bond acceptors (Lipinski definition) is 6. The van der Waals surface area contributed by atoms with E-state index < -0.39 is 0 Å². The van der Waals surface area contributed by atoms with Crippen LogP contribution in [0.4, 0.5) is 5.82 Å². The van der Waals surface area contributed by atoms with Crippen LogP contribution in [0.2, 0.25) is 0 Å². The number of aromatic nitrogens is 5. The molecular weight excluding hydrogens is 328 g/mol. The van der Waals surface area contributed by atoms with Crippen LogP contribution in [-0.2, 0) is 26.4 Å². The van der Waals surface area contributed by atoms with Gasteiger partial charge >= 0.3 is 0 Å². The third-order valence-electron chi connectivity index (χ3n) is 4.23. The van der Waals surface area contributed by atoms with E-state index >= 15 is 0 Å². The molecule has 0 saturated carbocycles. The van der Waals surface area contributed by atoms with E-state index in [9.17, 15) is 0 Å². The van der Waals surface area contributed by atoms with Gasteiger partial charge < -0.3 is 9.84 Å². The highest BCUT2D eigenvalue weighted by molar-refractivity contribution is 5.86. The monoisotopic (exact) mass is 348 g/mol. The minimum Gasteiger partial charge on any atom is -0.362 e. The zero-order chi connectivity index (χ0) is 17.9. The summed E-state index contributed by atoms with van der Waals surface area (Å²) in [6.45, 7) is 2.42. The highest BCUT2D eigenvalue weighted by atomic mass is 16.5. The van der Waals surface area contributed by atoms with E-state index in [2.05, 4.69) is 32.7 Å². The standard InChI is InChI=1S/C19H20N6O/c1-13-10-15(26-24-13)11-20-18-16-12-21-25(2)19(16)23-17(22-18)9-8-14-6-4-3-5-7-14/h3-7,10,12H,8-9,11H2,1-2H3,(H,20,22,23). The van der Waals surface area contributed by atoms with Crippen molar-refractivity contribution < 1.29 is 4.52 Å². The molecule has 0 radical (unpaired) electrons. The molecule has 132 valence electrons. The largest absolute Gasteiger partial charge is 0.362 e. The van der Waals surface area contributed by atoms with Crippen LogP contribution in [0, 0.1) is 6.92 Å². The van der Waals surface area contributed by atoms with E-state index in [1.54, 1.807) is 10.9 Å². The van der Waals surface area contributed by atoms with Gasteiger partial charge in [0.25, 0.3) is 0 Å². The number of hydrogen-bond donors (Lipinski definition) is 1. The molecule has 0 fully saturated rings. The van der Waals surface area contributed by atoms with Crippen molar-refractivity contribution in [1.82, 2.24) is 24.9 Å². The van der Waals surface area contributed by atoms with E-state index in [0.29, 0.717) is 6.54 Å². The minimum atomic E-state index is 0.514. The topological polar surface area (TPSA) is 81.7 Å². The maximum atomic E-state index is 5.26. The number of anilines is 1. The van der Waals surface area contributed by atoms with Crippen molar-refractivity contribution in [2.45, 2.75) is 26.3 Å². The molecule has 26 heavy (non-hydrogen) atoms. The Morgan fingerprint density at radius 2 is 1.96 bits per heavy atom. The predicted octanol–water partition coefficient (Wildman–Crippen LogP) is 3.06. The molecule has 7 nitrogen and oxygen atoms in total. The average molecular weight is 348 g/mol. The number of aryl methyl sites for hydroxylation is 4. The fourth-order valence-corrected chi connectivity index (χ4v) is 2.89. The highest BCUT2D eigenvalue weighted by Crippen LogP contribution is 2.21. The molecule has 4 aromatic rings. The number of fused-ring (bicyclic) bond motifs is 1. The van der Waals surface area contributed by atoms with E-state index in [-0.39, 0.29) is 0 Å². The zero-order valence-corrected chi connectivity index (χ0v) is 14.8. The molecule has 0 amide bonds. The maximum absolute atomic E-state index is 5.26. The van der Waals surface area contributed by atoms with E-state index in [1.165, 1.54) is 5.56 Å². The Bertz CT molecular complexity index is 1020. The van der Waals surface area contributed by atoms with Gasteiger partial charge in [0.1, 0.15) is 11.6 Å². The summed E-state index contributed by atoms with van der Waals surface area (Å²) in [6, 6.07) is 12.3. The molecule has 7 heteroatoms. The molecule has 3 heterocycles. The van der Waals surface area contributed by atoms with Gasteiger partial charge in [0.15, 0.2) is 11.4 Å². The summed E-state index contributed by atoms with van der Waals surface area (Å²) in [7, 11) is 1.89. The molecule has 0 bridgehead atoms. The molecule has 0 aliphatic heterocycles. The van der Waals surface area contributed by atoms with Gasteiger partial charge in [-0.15, -0.1) is 0 Å². The first kappa shape index (κ1) is 16.3. The van der Waals surface area contributed by atoms with Gasteiger partial charge in [-0.05, 0) is 18.9 Å². The Hall–Kier alpha value is -3.22. The number of nitrogens with one attached hydrogen (secondary N) is 1. The Morgan fingerprint density at radius 3 is 2.73 bits per heavy atom. The van der Waals surface area contributed by atoms with Crippen LogP contribution >= 0.6 is 0 Å². The molecule has 0 spiro atoms. The zero-order valence-electron chi connectivity index (χ0n) is 14.8. The van der Waals surface area contributed by atoms with E-state index in [4.69, 9.17) is 9.51 Å². The summed E-state index contributed by atoms with van der Waals surface area (Å²) in [5.41, 5.74) is 2.95. The van der Waals surface area contributed by atoms with Crippen molar-refractivity contribution in [3.63, 3.8) is 0 Å². The molecular formula is C19H20N6O. The van der Waals surface area contributed by atoms with Gasteiger partial charge in [-0.2, -0.15) is 5.10 Å². The first-order valence-electron chi connectivity index (χ1n) is 8.57. The second-order valence-corrected chi connectivity index (χ2v) is 6.27. The van der Waals surface area contributed by atoms with Gasteiger partial charge in [0, 0.05) is 19.5 Å². The van der Waals surface area contributed by atoms with Gasteiger partial charge in [0.2, 0.25) is 0 Å². The summed E-state index contributed by atoms with van der Waals surface area (Å²) in [4.78, 5) is 9.40. The van der Waals surface area contributed by atoms with Crippen molar-refractivity contribution in [2.75, 3.05) is 5.32 Å². The Kier molecular flexibility index (Phi) is 4.35. The molecule has 0 aliphatic rings. The SMILES string of the molecule is Cc1cc(CNc2nc(CCc3ccccc3)nc3c2cnn3C)on1. The Labute approximate surface area is 151 Å². The number of nitrogens with zero attached hydrogens (tertiary/aromatic N) is 5. The van der Waals surface area contributed by atoms with E-state index in [1.807, 2.05) is 38.2 Å². The molecule has 4 rings (SSSR count). The molecule has 1 aromatic carbocycles. The average Bonchev–Trinajstić information content (AvgIpc) is 3.25. The van der Waals surface area contributed by atoms with Gasteiger partial charge in [-0.3, -0.25) is 4.68 Å². The fourth-order valence-electron chi connectivity index (χ4n) is 2.89.